The minimum Gasteiger partial charge on any atom is -0.462 e. The zero-order valence-corrected chi connectivity index (χ0v) is 18.7. The van der Waals surface area contributed by atoms with Crippen LogP contribution in [0.25, 0.3) is 0 Å². The number of hydrogen-bond donors (Lipinski definition) is 1. The predicted octanol–water partition coefficient (Wildman–Crippen LogP) is 3.35. The van der Waals surface area contributed by atoms with Gasteiger partial charge in [-0.3, -0.25) is 4.79 Å². The first kappa shape index (κ1) is 23.0. The molecule has 31 heavy (non-hydrogen) atoms. The Hall–Kier alpha value is -2.71. The summed E-state index contributed by atoms with van der Waals surface area (Å²) < 4.78 is 32.0. The molecule has 0 aromatic heterocycles. The Kier molecular flexibility index (Phi) is 7.46. The van der Waals surface area contributed by atoms with Gasteiger partial charge in [0.1, 0.15) is 0 Å². The zero-order chi connectivity index (χ0) is 22.4. The van der Waals surface area contributed by atoms with E-state index in [2.05, 4.69) is 5.32 Å². The molecule has 1 N–H and O–H groups in total. The summed E-state index contributed by atoms with van der Waals surface area (Å²) in [6.07, 6.45) is 0.910. The van der Waals surface area contributed by atoms with Crippen molar-refractivity contribution in [2.45, 2.75) is 32.4 Å². The Bertz CT molecular complexity index is 1040. The van der Waals surface area contributed by atoms with E-state index >= 15 is 0 Å². The smallest absolute Gasteiger partial charge is 0.338 e. The zero-order valence-electron chi connectivity index (χ0n) is 17.8. The summed E-state index contributed by atoms with van der Waals surface area (Å²) in [4.78, 5) is 24.5. The molecule has 8 heteroatoms. The second kappa shape index (κ2) is 10.1. The Labute approximate surface area is 183 Å². The van der Waals surface area contributed by atoms with E-state index in [1.54, 1.807) is 31.2 Å². The SMILES string of the molecule is CCOC(=O)c1cccc(NC(=O)C2CCN(S(=O)(=O)Cc3cccc(C)c3)CC2)c1. The average molecular weight is 445 g/mol. The van der Waals surface area contributed by atoms with Crippen molar-refractivity contribution in [3.63, 3.8) is 0 Å². The third-order valence-corrected chi connectivity index (χ3v) is 7.14. The van der Waals surface area contributed by atoms with Crippen LogP contribution in [0.3, 0.4) is 0 Å². The number of sulfonamides is 1. The van der Waals surface area contributed by atoms with Gasteiger partial charge in [0.15, 0.2) is 0 Å². The fourth-order valence-electron chi connectivity index (χ4n) is 3.68. The summed E-state index contributed by atoms with van der Waals surface area (Å²) in [5, 5.41) is 2.83. The van der Waals surface area contributed by atoms with Crippen LogP contribution >= 0.6 is 0 Å². The second-order valence-electron chi connectivity index (χ2n) is 7.71. The van der Waals surface area contributed by atoms with Gasteiger partial charge in [0, 0.05) is 24.7 Å². The maximum absolute atomic E-state index is 12.8. The van der Waals surface area contributed by atoms with Gasteiger partial charge in [-0.15, -0.1) is 0 Å². The van der Waals surface area contributed by atoms with Gasteiger partial charge in [-0.2, -0.15) is 0 Å². The molecule has 0 unspecified atom stereocenters. The third-order valence-electron chi connectivity index (χ3n) is 5.29. The third kappa shape index (κ3) is 6.15. The molecule has 1 fully saturated rings. The molecule has 1 amide bonds. The lowest BCUT2D eigenvalue weighted by Gasteiger charge is -2.30. The molecule has 0 bridgehead atoms. The van der Waals surface area contributed by atoms with Gasteiger partial charge >= 0.3 is 5.97 Å². The second-order valence-corrected chi connectivity index (χ2v) is 9.68. The van der Waals surface area contributed by atoms with Crippen LogP contribution in [0.2, 0.25) is 0 Å². The lowest BCUT2D eigenvalue weighted by Crippen LogP contribution is -2.41. The first-order valence-corrected chi connectivity index (χ1v) is 12.0. The summed E-state index contributed by atoms with van der Waals surface area (Å²) in [5.74, 6) is -0.925. The molecule has 0 saturated carbocycles. The highest BCUT2D eigenvalue weighted by molar-refractivity contribution is 7.88. The summed E-state index contributed by atoms with van der Waals surface area (Å²) in [7, 11) is -3.43. The Balaban J connectivity index is 1.56. The lowest BCUT2D eigenvalue weighted by molar-refractivity contribution is -0.120. The first-order valence-electron chi connectivity index (χ1n) is 10.4. The standard InChI is InChI=1S/C23H28N2O5S/c1-3-30-23(27)20-8-5-9-21(15-20)24-22(26)19-10-12-25(13-11-19)31(28,29)16-18-7-4-6-17(2)14-18/h4-9,14-15,19H,3,10-13,16H2,1-2H3,(H,24,26). The van der Waals surface area contributed by atoms with Crippen LogP contribution < -0.4 is 5.32 Å². The normalized spacial score (nSPS) is 15.4. The van der Waals surface area contributed by atoms with E-state index in [1.807, 2.05) is 31.2 Å². The van der Waals surface area contributed by atoms with Crippen LogP contribution in [0.15, 0.2) is 48.5 Å². The number of aryl methyl sites for hydroxylation is 1. The van der Waals surface area contributed by atoms with Crippen LogP contribution in [0, 0.1) is 12.8 Å². The first-order chi connectivity index (χ1) is 14.8. The van der Waals surface area contributed by atoms with Gasteiger partial charge in [-0.05, 0) is 50.5 Å². The Morgan fingerprint density at radius 1 is 1.10 bits per heavy atom. The van der Waals surface area contributed by atoms with Gasteiger partial charge in [-0.1, -0.05) is 35.9 Å². The molecule has 7 nitrogen and oxygen atoms in total. The summed E-state index contributed by atoms with van der Waals surface area (Å²) in [6, 6.07) is 14.1. The van der Waals surface area contributed by atoms with Crippen LogP contribution in [-0.4, -0.2) is 44.3 Å². The van der Waals surface area contributed by atoms with Crippen molar-refractivity contribution in [3.8, 4) is 0 Å². The van der Waals surface area contributed by atoms with Gasteiger partial charge in [0.25, 0.3) is 0 Å². The van der Waals surface area contributed by atoms with E-state index in [-0.39, 0.29) is 24.2 Å². The maximum atomic E-state index is 12.8. The number of carbonyl (C=O) groups is 2. The molecule has 2 aromatic rings. The number of nitrogens with one attached hydrogen (secondary N) is 1. The highest BCUT2D eigenvalue weighted by atomic mass is 32.2. The molecule has 1 aliphatic heterocycles. The minimum absolute atomic E-state index is 0.0355. The number of hydrogen-bond acceptors (Lipinski definition) is 5. The van der Waals surface area contributed by atoms with Crippen LogP contribution in [0.4, 0.5) is 5.69 Å². The molecule has 1 heterocycles. The van der Waals surface area contributed by atoms with Crippen molar-refractivity contribution in [1.82, 2.24) is 4.31 Å². The molecular weight excluding hydrogens is 416 g/mol. The number of nitrogens with zero attached hydrogens (tertiary/aromatic N) is 1. The number of ether oxygens (including phenoxy) is 1. The van der Waals surface area contributed by atoms with E-state index in [9.17, 15) is 18.0 Å². The van der Waals surface area contributed by atoms with E-state index in [0.717, 1.165) is 11.1 Å². The van der Waals surface area contributed by atoms with Crippen molar-refractivity contribution >= 4 is 27.6 Å². The summed E-state index contributed by atoms with van der Waals surface area (Å²) >= 11 is 0. The number of piperidine rings is 1. The average Bonchev–Trinajstić information content (AvgIpc) is 2.74. The minimum atomic E-state index is -3.43. The van der Waals surface area contributed by atoms with Crippen LogP contribution in [0.5, 0.6) is 0 Å². The number of esters is 1. The van der Waals surface area contributed by atoms with Gasteiger partial charge in [0.2, 0.25) is 15.9 Å². The van der Waals surface area contributed by atoms with E-state index in [0.29, 0.717) is 37.2 Å². The van der Waals surface area contributed by atoms with Crippen LogP contribution in [-0.2, 0) is 25.3 Å². The van der Waals surface area contributed by atoms with Gasteiger partial charge in [-0.25, -0.2) is 17.5 Å². The van der Waals surface area contributed by atoms with E-state index in [1.165, 1.54) is 4.31 Å². The van der Waals surface area contributed by atoms with Crippen molar-refractivity contribution in [1.29, 1.82) is 0 Å². The van der Waals surface area contributed by atoms with E-state index < -0.39 is 16.0 Å². The molecule has 3 rings (SSSR count). The largest absolute Gasteiger partial charge is 0.462 e. The van der Waals surface area contributed by atoms with Gasteiger partial charge in [0.05, 0.1) is 17.9 Å². The molecule has 0 spiro atoms. The number of anilines is 1. The van der Waals surface area contributed by atoms with Crippen molar-refractivity contribution in [2.75, 3.05) is 25.0 Å². The van der Waals surface area contributed by atoms with E-state index in [4.69, 9.17) is 4.74 Å². The lowest BCUT2D eigenvalue weighted by atomic mass is 9.97. The molecule has 2 aromatic carbocycles. The maximum Gasteiger partial charge on any atom is 0.338 e. The molecule has 1 aliphatic rings. The Morgan fingerprint density at radius 2 is 1.81 bits per heavy atom. The summed E-state index contributed by atoms with van der Waals surface area (Å²) in [6.45, 7) is 4.57. The predicted molar refractivity (Wildman–Crippen MR) is 119 cm³/mol. The topological polar surface area (TPSA) is 92.8 Å². The number of carbonyl (C=O) groups excluding carboxylic acids is 2. The highest BCUT2D eigenvalue weighted by Crippen LogP contribution is 2.23. The Morgan fingerprint density at radius 3 is 2.48 bits per heavy atom. The molecule has 0 aliphatic carbocycles. The number of benzene rings is 2. The van der Waals surface area contributed by atoms with Crippen LogP contribution in [0.1, 0.15) is 41.3 Å². The molecule has 1 saturated heterocycles. The number of amides is 1. The fourth-order valence-corrected chi connectivity index (χ4v) is 5.23. The quantitative estimate of drug-likeness (QED) is 0.661. The summed E-state index contributed by atoms with van der Waals surface area (Å²) in [5.41, 5.74) is 2.68. The van der Waals surface area contributed by atoms with Crippen molar-refractivity contribution < 1.29 is 22.7 Å². The molecule has 0 atom stereocenters. The van der Waals surface area contributed by atoms with Crippen molar-refractivity contribution in [2.24, 2.45) is 5.92 Å². The number of rotatable bonds is 7. The van der Waals surface area contributed by atoms with Crippen molar-refractivity contribution in [3.05, 3.63) is 65.2 Å². The molecule has 0 radical (unpaired) electrons. The highest BCUT2D eigenvalue weighted by Gasteiger charge is 2.31. The molecular formula is C23H28N2O5S. The van der Waals surface area contributed by atoms with Gasteiger partial charge < -0.3 is 10.1 Å². The fraction of sp³-hybridized carbons (Fsp3) is 0.391. The monoisotopic (exact) mass is 444 g/mol. The molecule has 166 valence electrons.